The van der Waals surface area contributed by atoms with Crippen molar-refractivity contribution >= 4 is 49.1 Å². The van der Waals surface area contributed by atoms with E-state index in [0.29, 0.717) is 6.54 Å². The van der Waals surface area contributed by atoms with E-state index in [4.69, 9.17) is 4.98 Å². The van der Waals surface area contributed by atoms with Crippen LogP contribution in [0.25, 0.3) is 21.9 Å². The third kappa shape index (κ3) is 2.30. The summed E-state index contributed by atoms with van der Waals surface area (Å²) in [6.07, 6.45) is 2.98. The first-order valence-electron chi connectivity index (χ1n) is 7.52. The van der Waals surface area contributed by atoms with E-state index in [-0.39, 0.29) is 5.56 Å². The van der Waals surface area contributed by atoms with Gasteiger partial charge in [0, 0.05) is 15.9 Å². The minimum atomic E-state index is 0.0994. The number of nitrogens with zero attached hydrogens (tertiary/aromatic N) is 2. The number of aromatic nitrogens is 2. The number of aryl methyl sites for hydroxylation is 2. The van der Waals surface area contributed by atoms with E-state index in [1.165, 1.54) is 4.88 Å². The van der Waals surface area contributed by atoms with E-state index in [1.807, 2.05) is 29.7 Å². The van der Waals surface area contributed by atoms with Gasteiger partial charge in [-0.2, -0.15) is 0 Å². The lowest BCUT2D eigenvalue weighted by Crippen LogP contribution is -2.20. The molecule has 0 N–H and O–H groups in total. The maximum Gasteiger partial charge on any atom is 0.262 e. The second-order valence-corrected chi connectivity index (χ2v) is 7.85. The third-order valence-corrected chi connectivity index (χ3v) is 6.24. The van der Waals surface area contributed by atoms with Crippen LogP contribution in [0.3, 0.4) is 0 Å². The summed E-state index contributed by atoms with van der Waals surface area (Å²) in [6.45, 7) is 4.77. The first-order valence-corrected chi connectivity index (χ1v) is 9.13. The van der Waals surface area contributed by atoms with Crippen LogP contribution in [0.1, 0.15) is 28.2 Å². The molecule has 0 saturated heterocycles. The average Bonchev–Trinajstić information content (AvgIpc) is 3.05. The van der Waals surface area contributed by atoms with Crippen LogP contribution in [-0.4, -0.2) is 9.55 Å². The van der Waals surface area contributed by atoms with Gasteiger partial charge in [-0.3, -0.25) is 9.36 Å². The molecule has 3 nitrogen and oxygen atoms in total. The normalized spacial score (nSPS) is 15.5. The Hall–Kier alpha value is -1.72. The molecule has 23 heavy (non-hydrogen) atoms. The Morgan fingerprint density at radius 3 is 2.87 bits per heavy atom. The molecule has 0 unspecified atom stereocenters. The van der Waals surface area contributed by atoms with Crippen molar-refractivity contribution in [3.63, 3.8) is 0 Å². The molecule has 5 heteroatoms. The predicted octanol–water partition coefficient (Wildman–Crippen LogP) is 4.78. The summed E-state index contributed by atoms with van der Waals surface area (Å²) in [5.74, 6) is 0.819. The minimum absolute atomic E-state index is 0.0994. The fourth-order valence-corrected chi connectivity index (χ4v) is 4.46. The van der Waals surface area contributed by atoms with Crippen LogP contribution in [0, 0.1) is 13.8 Å². The first kappa shape index (κ1) is 14.8. The summed E-state index contributed by atoms with van der Waals surface area (Å²) < 4.78 is 2.88. The molecular weight excluding hydrogens is 372 g/mol. The molecule has 1 aromatic carbocycles. The van der Waals surface area contributed by atoms with Crippen LogP contribution in [0.2, 0.25) is 0 Å². The Balaban J connectivity index is 1.94. The van der Waals surface area contributed by atoms with Gasteiger partial charge >= 0.3 is 0 Å². The van der Waals surface area contributed by atoms with Gasteiger partial charge in [0.05, 0.1) is 5.39 Å². The molecule has 0 aliphatic carbocycles. The molecule has 0 bridgehead atoms. The Labute approximate surface area is 146 Å². The van der Waals surface area contributed by atoms with Crippen molar-refractivity contribution < 1.29 is 0 Å². The molecule has 0 amide bonds. The van der Waals surface area contributed by atoms with Crippen LogP contribution in [-0.2, 0) is 6.54 Å². The topological polar surface area (TPSA) is 34.9 Å². The predicted molar refractivity (Wildman–Crippen MR) is 100.0 cm³/mol. The maximum absolute atomic E-state index is 12.8. The van der Waals surface area contributed by atoms with Gasteiger partial charge in [0.2, 0.25) is 0 Å². The molecule has 0 radical (unpaired) electrons. The second-order valence-electron chi connectivity index (χ2n) is 5.80. The van der Waals surface area contributed by atoms with E-state index >= 15 is 0 Å². The fraction of sp³-hybridized carbons (Fsp3) is 0.222. The summed E-state index contributed by atoms with van der Waals surface area (Å²) >= 11 is 5.19. The molecule has 0 spiro atoms. The highest BCUT2D eigenvalue weighted by molar-refractivity contribution is 9.10. The Morgan fingerprint density at radius 1 is 1.30 bits per heavy atom. The van der Waals surface area contributed by atoms with Gasteiger partial charge in [-0.25, -0.2) is 4.98 Å². The van der Waals surface area contributed by atoms with Crippen molar-refractivity contribution in [1.82, 2.24) is 9.55 Å². The van der Waals surface area contributed by atoms with Crippen LogP contribution < -0.4 is 5.56 Å². The highest BCUT2D eigenvalue weighted by Gasteiger charge is 2.23. The van der Waals surface area contributed by atoms with Crippen LogP contribution in [0.15, 0.2) is 33.5 Å². The first-order chi connectivity index (χ1) is 11.1. The zero-order valence-corrected chi connectivity index (χ0v) is 15.3. The fourth-order valence-electron chi connectivity index (χ4n) is 3.04. The van der Waals surface area contributed by atoms with E-state index in [1.54, 1.807) is 11.3 Å². The highest BCUT2D eigenvalue weighted by atomic mass is 79.9. The molecule has 0 saturated carbocycles. The lowest BCUT2D eigenvalue weighted by Gasteiger charge is -2.04. The lowest BCUT2D eigenvalue weighted by molar-refractivity contribution is 0.726. The molecule has 1 aliphatic rings. The van der Waals surface area contributed by atoms with E-state index in [9.17, 15) is 4.79 Å². The van der Waals surface area contributed by atoms with E-state index in [2.05, 4.69) is 35.0 Å². The highest BCUT2D eigenvalue weighted by Crippen LogP contribution is 2.32. The van der Waals surface area contributed by atoms with Gasteiger partial charge in [0.15, 0.2) is 0 Å². The molecule has 116 valence electrons. The summed E-state index contributed by atoms with van der Waals surface area (Å²) in [5.41, 5.74) is 3.41. The van der Waals surface area contributed by atoms with Gasteiger partial charge in [-0.15, -0.1) is 11.3 Å². The monoisotopic (exact) mass is 386 g/mol. The zero-order valence-electron chi connectivity index (χ0n) is 12.9. The van der Waals surface area contributed by atoms with Gasteiger partial charge < -0.3 is 0 Å². The number of allylic oxidation sites excluding steroid dienone is 1. The molecule has 0 fully saturated rings. The number of halogens is 1. The molecule has 3 aromatic rings. The van der Waals surface area contributed by atoms with Gasteiger partial charge in [0.25, 0.3) is 5.56 Å². The quantitative estimate of drug-likeness (QED) is 0.602. The molecule has 4 rings (SSSR count). The Kier molecular flexibility index (Phi) is 3.50. The smallest absolute Gasteiger partial charge is 0.262 e. The minimum Gasteiger partial charge on any atom is -0.292 e. The van der Waals surface area contributed by atoms with E-state index in [0.717, 1.165) is 43.6 Å². The Morgan fingerprint density at radius 2 is 2.09 bits per heavy atom. The van der Waals surface area contributed by atoms with Gasteiger partial charge in [0.1, 0.15) is 10.7 Å². The van der Waals surface area contributed by atoms with Crippen molar-refractivity contribution in [1.29, 1.82) is 0 Å². The van der Waals surface area contributed by atoms with E-state index < -0.39 is 0 Å². The van der Waals surface area contributed by atoms with Gasteiger partial charge in [-0.05, 0) is 49.1 Å². The summed E-state index contributed by atoms with van der Waals surface area (Å²) in [7, 11) is 0. The summed E-state index contributed by atoms with van der Waals surface area (Å²) in [5, 5.41) is 0.790. The molecule has 3 heterocycles. The second kappa shape index (κ2) is 5.42. The average molecular weight is 387 g/mol. The van der Waals surface area contributed by atoms with Crippen LogP contribution in [0.5, 0.6) is 0 Å². The Bertz CT molecular complexity index is 1030. The lowest BCUT2D eigenvalue weighted by atomic mass is 10.1. The molecular formula is C18H15BrN2OS. The van der Waals surface area contributed by atoms with Gasteiger partial charge in [-0.1, -0.05) is 34.1 Å². The number of fused-ring (bicyclic) bond motifs is 2. The third-order valence-electron chi connectivity index (χ3n) is 4.42. The number of rotatable bonds is 1. The number of benzene rings is 1. The standard InChI is InChI=1S/C18H15BrN2OS/c1-10-11(2)23-17-15(10)18(22)21-8-7-13(16(21)20-17)9-12-5-3-4-6-14(12)19/h3-6,9H,7-8H2,1-2H3/b13-9-. The zero-order chi connectivity index (χ0) is 16.1. The summed E-state index contributed by atoms with van der Waals surface area (Å²) in [4.78, 5) is 19.6. The molecule has 0 atom stereocenters. The maximum atomic E-state index is 12.8. The van der Waals surface area contributed by atoms with Crippen LogP contribution in [0.4, 0.5) is 0 Å². The number of hydrogen-bond donors (Lipinski definition) is 0. The number of thiophene rings is 1. The van der Waals surface area contributed by atoms with Crippen molar-refractivity contribution in [3.05, 3.63) is 60.9 Å². The van der Waals surface area contributed by atoms with Crippen molar-refractivity contribution in [2.24, 2.45) is 0 Å². The number of hydrogen-bond acceptors (Lipinski definition) is 3. The van der Waals surface area contributed by atoms with Crippen LogP contribution >= 0.6 is 27.3 Å². The SMILES string of the molecule is Cc1sc2nc3n(c(=O)c2c1C)CC/C3=C/c1ccccc1Br. The van der Waals surface area contributed by atoms with Crippen molar-refractivity contribution in [3.8, 4) is 0 Å². The summed E-state index contributed by atoms with van der Waals surface area (Å²) in [6, 6.07) is 8.10. The van der Waals surface area contributed by atoms with Crippen molar-refractivity contribution in [2.45, 2.75) is 26.8 Å². The molecule has 2 aromatic heterocycles. The largest absolute Gasteiger partial charge is 0.292 e. The van der Waals surface area contributed by atoms with Crippen molar-refractivity contribution in [2.75, 3.05) is 0 Å². The molecule has 1 aliphatic heterocycles.